The average molecular weight is 296 g/mol. The lowest BCUT2D eigenvalue weighted by atomic mass is 10.0. The van der Waals surface area contributed by atoms with E-state index >= 15 is 0 Å². The monoisotopic (exact) mass is 296 g/mol. The Bertz CT molecular complexity index is 256. The van der Waals surface area contributed by atoms with Gasteiger partial charge in [0, 0.05) is 19.1 Å². The van der Waals surface area contributed by atoms with E-state index in [0.717, 1.165) is 32.7 Å². The molecule has 0 amide bonds. The molecule has 1 aliphatic heterocycles. The molecule has 0 bridgehead atoms. The van der Waals surface area contributed by atoms with Crippen LogP contribution in [-0.4, -0.2) is 49.8 Å². The minimum Gasteiger partial charge on any atom is -0.374 e. The zero-order chi connectivity index (χ0) is 15.3. The molecule has 0 spiro atoms. The highest BCUT2D eigenvalue weighted by molar-refractivity contribution is 4.83. The van der Waals surface area contributed by atoms with Gasteiger partial charge in [-0.1, -0.05) is 32.8 Å². The molecule has 2 unspecified atom stereocenters. The normalized spacial score (nSPS) is 21.3. The Labute approximate surface area is 132 Å². The van der Waals surface area contributed by atoms with Gasteiger partial charge in [-0.25, -0.2) is 0 Å². The van der Waals surface area contributed by atoms with Crippen molar-refractivity contribution < 1.29 is 4.74 Å². The van der Waals surface area contributed by atoms with Crippen molar-refractivity contribution in [1.82, 2.24) is 10.2 Å². The Morgan fingerprint density at radius 2 is 2.14 bits per heavy atom. The molecule has 0 saturated carbocycles. The molecule has 124 valence electrons. The first kappa shape index (κ1) is 18.7. The molecule has 1 saturated heterocycles. The van der Waals surface area contributed by atoms with Crippen LogP contribution in [0.3, 0.4) is 0 Å². The SMILES string of the molecule is C=CCCCCCC(NCCC)C1CN(CCC)CCO1. The number of rotatable bonds is 12. The first-order chi connectivity index (χ1) is 10.3. The van der Waals surface area contributed by atoms with E-state index in [4.69, 9.17) is 4.74 Å². The van der Waals surface area contributed by atoms with Crippen LogP contribution in [0.2, 0.25) is 0 Å². The number of allylic oxidation sites excluding steroid dienone is 1. The van der Waals surface area contributed by atoms with Gasteiger partial charge in [0.25, 0.3) is 0 Å². The molecule has 1 fully saturated rings. The van der Waals surface area contributed by atoms with Crippen molar-refractivity contribution in [2.75, 3.05) is 32.8 Å². The van der Waals surface area contributed by atoms with Crippen LogP contribution in [0.1, 0.15) is 58.8 Å². The van der Waals surface area contributed by atoms with Crippen LogP contribution < -0.4 is 5.32 Å². The molecule has 1 rings (SSSR count). The summed E-state index contributed by atoms with van der Waals surface area (Å²) in [4.78, 5) is 2.56. The lowest BCUT2D eigenvalue weighted by Gasteiger charge is -2.37. The predicted octanol–water partition coefficient (Wildman–Crippen LogP) is 3.60. The van der Waals surface area contributed by atoms with E-state index in [0.29, 0.717) is 12.1 Å². The number of unbranched alkanes of at least 4 members (excludes halogenated alkanes) is 3. The zero-order valence-electron chi connectivity index (χ0n) is 14.3. The Morgan fingerprint density at radius 1 is 1.29 bits per heavy atom. The van der Waals surface area contributed by atoms with Gasteiger partial charge in [-0.15, -0.1) is 6.58 Å². The van der Waals surface area contributed by atoms with Gasteiger partial charge in [-0.05, 0) is 45.2 Å². The van der Waals surface area contributed by atoms with E-state index in [1.807, 2.05) is 6.08 Å². The fourth-order valence-corrected chi connectivity index (χ4v) is 3.07. The quantitative estimate of drug-likeness (QED) is 0.440. The Balaban J connectivity index is 2.37. The molecule has 3 heteroatoms. The van der Waals surface area contributed by atoms with E-state index in [1.54, 1.807) is 0 Å². The summed E-state index contributed by atoms with van der Waals surface area (Å²) >= 11 is 0. The maximum absolute atomic E-state index is 6.07. The zero-order valence-corrected chi connectivity index (χ0v) is 14.3. The van der Waals surface area contributed by atoms with Crippen molar-refractivity contribution >= 4 is 0 Å². The summed E-state index contributed by atoms with van der Waals surface area (Å²) in [6, 6.07) is 0.522. The summed E-state index contributed by atoms with van der Waals surface area (Å²) in [5.41, 5.74) is 0. The molecule has 0 aromatic heterocycles. The van der Waals surface area contributed by atoms with Crippen molar-refractivity contribution in [3.8, 4) is 0 Å². The molecule has 0 aliphatic carbocycles. The highest BCUT2D eigenvalue weighted by Crippen LogP contribution is 2.15. The third-order valence-electron chi connectivity index (χ3n) is 4.25. The number of nitrogens with one attached hydrogen (secondary N) is 1. The summed E-state index contributed by atoms with van der Waals surface area (Å²) in [5.74, 6) is 0. The third-order valence-corrected chi connectivity index (χ3v) is 4.25. The molecular formula is C18H36N2O. The molecule has 0 radical (unpaired) electrons. The fourth-order valence-electron chi connectivity index (χ4n) is 3.07. The summed E-state index contributed by atoms with van der Waals surface area (Å²) < 4.78 is 6.07. The third kappa shape index (κ3) is 7.98. The van der Waals surface area contributed by atoms with E-state index in [2.05, 4.69) is 30.6 Å². The van der Waals surface area contributed by atoms with Crippen molar-refractivity contribution in [1.29, 1.82) is 0 Å². The standard InChI is InChI=1S/C18H36N2O/c1-4-7-8-9-10-11-17(19-12-5-2)18-16-20(13-6-3)14-15-21-18/h4,17-19H,1,5-16H2,2-3H3. The van der Waals surface area contributed by atoms with Crippen molar-refractivity contribution in [2.45, 2.75) is 70.9 Å². The van der Waals surface area contributed by atoms with E-state index < -0.39 is 0 Å². The maximum atomic E-state index is 6.07. The van der Waals surface area contributed by atoms with Crippen molar-refractivity contribution in [3.63, 3.8) is 0 Å². The van der Waals surface area contributed by atoms with Crippen molar-refractivity contribution in [2.24, 2.45) is 0 Å². The van der Waals surface area contributed by atoms with Crippen LogP contribution >= 0.6 is 0 Å². The average Bonchev–Trinajstić information content (AvgIpc) is 2.51. The number of hydrogen-bond acceptors (Lipinski definition) is 3. The second-order valence-electron chi connectivity index (χ2n) is 6.20. The molecule has 21 heavy (non-hydrogen) atoms. The molecule has 0 aromatic rings. The van der Waals surface area contributed by atoms with Gasteiger partial charge in [-0.3, -0.25) is 4.90 Å². The number of nitrogens with zero attached hydrogens (tertiary/aromatic N) is 1. The van der Waals surface area contributed by atoms with Crippen LogP contribution in [0.25, 0.3) is 0 Å². The van der Waals surface area contributed by atoms with E-state index in [9.17, 15) is 0 Å². The Kier molecular flexibility index (Phi) is 10.8. The lowest BCUT2D eigenvalue weighted by molar-refractivity contribution is -0.0478. The second kappa shape index (κ2) is 12.2. The van der Waals surface area contributed by atoms with Crippen LogP contribution in [0.4, 0.5) is 0 Å². The number of hydrogen-bond donors (Lipinski definition) is 1. The highest BCUT2D eigenvalue weighted by Gasteiger charge is 2.26. The molecule has 3 nitrogen and oxygen atoms in total. The Hall–Kier alpha value is -0.380. The first-order valence-corrected chi connectivity index (χ1v) is 9.00. The van der Waals surface area contributed by atoms with Gasteiger partial charge in [0.05, 0.1) is 12.7 Å². The minimum atomic E-state index is 0.372. The van der Waals surface area contributed by atoms with Crippen molar-refractivity contribution in [3.05, 3.63) is 12.7 Å². The van der Waals surface area contributed by atoms with Gasteiger partial charge < -0.3 is 10.1 Å². The molecule has 1 heterocycles. The van der Waals surface area contributed by atoms with E-state index in [1.165, 1.54) is 45.1 Å². The molecule has 2 atom stereocenters. The Morgan fingerprint density at radius 3 is 2.86 bits per heavy atom. The summed E-state index contributed by atoms with van der Waals surface area (Å²) in [6.07, 6.45) is 11.1. The summed E-state index contributed by atoms with van der Waals surface area (Å²) in [6.45, 7) is 13.7. The van der Waals surface area contributed by atoms with Gasteiger partial charge in [0.1, 0.15) is 0 Å². The van der Waals surface area contributed by atoms with Crippen LogP contribution in [-0.2, 0) is 4.74 Å². The highest BCUT2D eigenvalue weighted by atomic mass is 16.5. The molecule has 1 aliphatic rings. The molecular weight excluding hydrogens is 260 g/mol. The largest absolute Gasteiger partial charge is 0.374 e. The molecule has 1 N–H and O–H groups in total. The smallest absolute Gasteiger partial charge is 0.0855 e. The minimum absolute atomic E-state index is 0.372. The fraction of sp³-hybridized carbons (Fsp3) is 0.889. The molecule has 0 aromatic carbocycles. The van der Waals surface area contributed by atoms with E-state index in [-0.39, 0.29) is 0 Å². The van der Waals surface area contributed by atoms with Gasteiger partial charge in [0.15, 0.2) is 0 Å². The topological polar surface area (TPSA) is 24.5 Å². The first-order valence-electron chi connectivity index (χ1n) is 9.00. The lowest BCUT2D eigenvalue weighted by Crippen LogP contribution is -2.52. The number of ether oxygens (including phenoxy) is 1. The summed E-state index contributed by atoms with van der Waals surface area (Å²) in [7, 11) is 0. The second-order valence-corrected chi connectivity index (χ2v) is 6.20. The summed E-state index contributed by atoms with van der Waals surface area (Å²) in [5, 5.41) is 3.72. The van der Waals surface area contributed by atoms with Gasteiger partial charge in [0.2, 0.25) is 0 Å². The predicted molar refractivity (Wildman–Crippen MR) is 91.8 cm³/mol. The van der Waals surface area contributed by atoms with Gasteiger partial charge >= 0.3 is 0 Å². The van der Waals surface area contributed by atoms with Crippen LogP contribution in [0, 0.1) is 0 Å². The van der Waals surface area contributed by atoms with Crippen LogP contribution in [0.5, 0.6) is 0 Å². The number of morpholine rings is 1. The van der Waals surface area contributed by atoms with Gasteiger partial charge in [-0.2, -0.15) is 0 Å². The van der Waals surface area contributed by atoms with Crippen LogP contribution in [0.15, 0.2) is 12.7 Å². The maximum Gasteiger partial charge on any atom is 0.0855 e.